The van der Waals surface area contributed by atoms with Crippen molar-refractivity contribution in [3.05, 3.63) is 75.5 Å². The number of primary amides is 1. The number of nitrogens with two attached hydrogens (primary N) is 1. The Hall–Kier alpha value is -2.63. The van der Waals surface area contributed by atoms with E-state index < -0.39 is 5.91 Å². The number of nitrogens with one attached hydrogen (secondary N) is 2. The number of amides is 1. The van der Waals surface area contributed by atoms with E-state index in [1.807, 2.05) is 46.8 Å². The molecule has 210 valence electrons. The lowest BCUT2D eigenvalue weighted by Gasteiger charge is -2.31. The van der Waals surface area contributed by atoms with Gasteiger partial charge in [0.05, 0.1) is 29.1 Å². The van der Waals surface area contributed by atoms with Crippen molar-refractivity contribution in [2.24, 2.45) is 5.73 Å². The van der Waals surface area contributed by atoms with Crippen LogP contribution in [0.3, 0.4) is 0 Å². The first-order valence-electron chi connectivity index (χ1n) is 12.9. The van der Waals surface area contributed by atoms with Crippen LogP contribution < -0.4 is 16.1 Å². The predicted molar refractivity (Wildman–Crippen MR) is 171 cm³/mol. The van der Waals surface area contributed by atoms with E-state index in [9.17, 15) is 9.90 Å². The summed E-state index contributed by atoms with van der Waals surface area (Å²) in [5, 5.41) is 26.5. The number of hydrogen-bond acceptors (Lipinski definition) is 6. The van der Waals surface area contributed by atoms with Crippen LogP contribution in [0, 0.1) is 5.41 Å². The summed E-state index contributed by atoms with van der Waals surface area (Å²) in [5.41, 5.74) is 9.41. The quantitative estimate of drug-likeness (QED) is 0.127. The molecule has 0 saturated carbocycles. The number of carbonyl (C=O) groups excluding carboxylic acids is 1. The predicted octanol–water partition coefficient (Wildman–Crippen LogP) is 7.23. The summed E-state index contributed by atoms with van der Waals surface area (Å²) in [4.78, 5) is 18.9. The van der Waals surface area contributed by atoms with Crippen LogP contribution in [0.5, 0.6) is 5.75 Å². The van der Waals surface area contributed by atoms with E-state index in [0.717, 1.165) is 32.9 Å². The Kier molecular flexibility index (Phi) is 9.39. The number of anilines is 2. The summed E-state index contributed by atoms with van der Waals surface area (Å²) in [5.74, 6) is 0.272. The van der Waals surface area contributed by atoms with Gasteiger partial charge in [0.2, 0.25) is 5.91 Å². The van der Waals surface area contributed by atoms with Gasteiger partial charge in [-0.05, 0) is 75.4 Å². The maximum Gasteiger partial charge on any atom is 0.220 e. The van der Waals surface area contributed by atoms with Crippen molar-refractivity contribution in [1.82, 2.24) is 0 Å². The van der Waals surface area contributed by atoms with E-state index in [4.69, 9.17) is 16.0 Å². The number of hydroxylamine groups is 1. The van der Waals surface area contributed by atoms with E-state index in [-0.39, 0.29) is 53.4 Å². The summed E-state index contributed by atoms with van der Waals surface area (Å²) >= 11 is 1.51. The Bertz CT molecular complexity index is 1280. The fraction of sp³-hybridized carbons (Fsp3) is 0.400. The third kappa shape index (κ3) is 7.12. The number of rotatable bonds is 6. The van der Waals surface area contributed by atoms with E-state index in [2.05, 4.69) is 59.0 Å². The molecule has 2 unspecified atom stereocenters. The molecule has 0 spiro atoms. The molecule has 1 aliphatic heterocycles. The van der Waals surface area contributed by atoms with Gasteiger partial charge < -0.3 is 16.2 Å². The maximum absolute atomic E-state index is 11.8. The first-order chi connectivity index (χ1) is 17.7. The van der Waals surface area contributed by atoms with Gasteiger partial charge in [0.15, 0.2) is 0 Å². The molecule has 1 amide bonds. The van der Waals surface area contributed by atoms with Crippen LogP contribution >= 0.6 is 35.3 Å². The van der Waals surface area contributed by atoms with Gasteiger partial charge >= 0.3 is 0 Å². The van der Waals surface area contributed by atoms with E-state index in [1.165, 1.54) is 11.3 Å². The number of halogens is 1. The molecule has 0 bridgehead atoms. The van der Waals surface area contributed by atoms with Gasteiger partial charge in [-0.25, -0.2) is 5.06 Å². The highest BCUT2D eigenvalue weighted by molar-refractivity contribution is 14.0. The van der Waals surface area contributed by atoms with Gasteiger partial charge in [-0.15, -0.1) is 35.3 Å². The summed E-state index contributed by atoms with van der Waals surface area (Å²) in [7, 11) is 0. The second kappa shape index (κ2) is 11.9. The van der Waals surface area contributed by atoms with Gasteiger partial charge in [-0.3, -0.25) is 15.0 Å². The number of hydrogen-bond donors (Lipinski definition) is 4. The van der Waals surface area contributed by atoms with Crippen molar-refractivity contribution in [3.63, 3.8) is 0 Å². The van der Waals surface area contributed by atoms with Crippen molar-refractivity contribution in [2.45, 2.75) is 77.4 Å². The molecule has 1 fully saturated rings. The zero-order valence-electron chi connectivity index (χ0n) is 23.4. The Balaban J connectivity index is 0.00000420. The average Bonchev–Trinajstić information content (AvgIpc) is 3.48. The molecule has 2 aromatic carbocycles. The van der Waals surface area contributed by atoms with Crippen LogP contribution in [-0.4, -0.2) is 23.0 Å². The van der Waals surface area contributed by atoms with Crippen molar-refractivity contribution < 1.29 is 14.7 Å². The highest BCUT2D eigenvalue weighted by Gasteiger charge is 2.38. The van der Waals surface area contributed by atoms with Crippen LogP contribution in [0.1, 0.15) is 82.0 Å². The van der Waals surface area contributed by atoms with Crippen molar-refractivity contribution in [2.75, 3.05) is 10.4 Å². The molecule has 1 saturated heterocycles. The third-order valence-corrected chi connectivity index (χ3v) is 7.64. The number of carbonyl (C=O) groups is 1. The molecule has 4 rings (SSSR count). The van der Waals surface area contributed by atoms with Gasteiger partial charge in [-0.1, -0.05) is 47.6 Å². The third-order valence-electron chi connectivity index (χ3n) is 6.75. The molecule has 9 heteroatoms. The van der Waals surface area contributed by atoms with Crippen LogP contribution in [0.15, 0.2) is 53.9 Å². The standard InChI is InChI=1S/C30H38N4O3S.HI/c1-29(2,3)22-14-18(15-23(27(22)36)30(4,5)6)24-16-21(17-26(31)35)37-34(24)20-11-9-19(10-12-20)33-28(32)25-8-7-13-38-25;/h7-15,21,24,36H,16-17H2,1-6H3,(H2,31,35)(H2,32,33);1H. The Morgan fingerprint density at radius 3 is 2.18 bits per heavy atom. The zero-order valence-corrected chi connectivity index (χ0v) is 26.5. The lowest BCUT2D eigenvalue weighted by Crippen LogP contribution is -2.25. The number of phenolic OH excluding ortho intramolecular Hbond substituents is 1. The number of phenols is 1. The zero-order chi connectivity index (χ0) is 27.8. The first kappa shape index (κ1) is 30.9. The number of amidine groups is 1. The maximum atomic E-state index is 11.8. The summed E-state index contributed by atoms with van der Waals surface area (Å²) in [6.45, 7) is 12.6. The topological polar surface area (TPSA) is 112 Å². The largest absolute Gasteiger partial charge is 0.507 e. The molecule has 1 aromatic heterocycles. The number of aromatic hydroxyl groups is 1. The van der Waals surface area contributed by atoms with Crippen molar-refractivity contribution in [3.8, 4) is 5.75 Å². The number of thiophene rings is 1. The van der Waals surface area contributed by atoms with E-state index >= 15 is 0 Å². The molecular formula is C30H39IN4O3S. The fourth-order valence-electron chi connectivity index (χ4n) is 4.79. The molecule has 0 aliphatic carbocycles. The second-order valence-electron chi connectivity index (χ2n) is 12.0. The molecule has 39 heavy (non-hydrogen) atoms. The Morgan fingerprint density at radius 2 is 1.69 bits per heavy atom. The monoisotopic (exact) mass is 662 g/mol. The average molecular weight is 663 g/mol. The van der Waals surface area contributed by atoms with E-state index in [1.54, 1.807) is 0 Å². The number of nitrogens with zero attached hydrogens (tertiary/aromatic N) is 1. The Morgan fingerprint density at radius 1 is 1.10 bits per heavy atom. The van der Waals surface area contributed by atoms with Gasteiger partial charge in [-0.2, -0.15) is 0 Å². The first-order valence-corrected chi connectivity index (χ1v) is 13.7. The van der Waals surface area contributed by atoms with Crippen LogP contribution in [0.4, 0.5) is 11.4 Å². The van der Waals surface area contributed by atoms with Crippen LogP contribution in [0.25, 0.3) is 0 Å². The summed E-state index contributed by atoms with van der Waals surface area (Å²) < 4.78 is 0. The molecule has 5 N–H and O–H groups in total. The SMILES string of the molecule is CC(C)(C)c1cc(C2CC(CC(N)=O)ON2c2ccc(NC(=N)c3cccs3)cc2)cc(C(C)(C)C)c1O.I. The second-order valence-corrected chi connectivity index (χ2v) is 12.9. The minimum absolute atomic E-state index is 0. The molecular weight excluding hydrogens is 623 g/mol. The molecule has 2 atom stereocenters. The highest BCUT2D eigenvalue weighted by atomic mass is 127. The van der Waals surface area contributed by atoms with E-state index in [0.29, 0.717) is 18.0 Å². The highest BCUT2D eigenvalue weighted by Crippen LogP contribution is 2.45. The molecule has 7 nitrogen and oxygen atoms in total. The van der Waals surface area contributed by atoms with Gasteiger partial charge in [0.1, 0.15) is 11.6 Å². The minimum Gasteiger partial charge on any atom is -0.507 e. The lowest BCUT2D eigenvalue weighted by molar-refractivity contribution is -0.120. The molecule has 0 radical (unpaired) electrons. The van der Waals surface area contributed by atoms with Gasteiger partial charge in [0, 0.05) is 12.1 Å². The molecule has 2 heterocycles. The normalized spacial score (nSPS) is 17.5. The number of benzene rings is 2. The van der Waals surface area contributed by atoms with Crippen molar-refractivity contribution >= 4 is 58.4 Å². The Labute approximate surface area is 252 Å². The van der Waals surface area contributed by atoms with Crippen LogP contribution in [0.2, 0.25) is 0 Å². The van der Waals surface area contributed by atoms with Crippen molar-refractivity contribution in [1.29, 1.82) is 5.41 Å². The minimum atomic E-state index is -0.404. The van der Waals surface area contributed by atoms with Gasteiger partial charge in [0.25, 0.3) is 0 Å². The smallest absolute Gasteiger partial charge is 0.220 e. The summed E-state index contributed by atoms with van der Waals surface area (Å²) in [6.07, 6.45) is 0.359. The lowest BCUT2D eigenvalue weighted by atomic mass is 9.77. The molecule has 1 aliphatic rings. The summed E-state index contributed by atoms with van der Waals surface area (Å²) in [6, 6.07) is 15.5. The fourth-order valence-corrected chi connectivity index (χ4v) is 5.42. The molecule has 3 aromatic rings. The van der Waals surface area contributed by atoms with Crippen LogP contribution in [-0.2, 0) is 20.5 Å².